The van der Waals surface area contributed by atoms with E-state index in [-0.39, 0.29) is 28.2 Å². The van der Waals surface area contributed by atoms with E-state index in [2.05, 4.69) is 4.98 Å². The number of nitro groups is 1. The van der Waals surface area contributed by atoms with Crippen molar-refractivity contribution in [3.05, 3.63) is 28.3 Å². The van der Waals surface area contributed by atoms with E-state index in [4.69, 9.17) is 9.15 Å². The summed E-state index contributed by atoms with van der Waals surface area (Å²) in [5.74, 6) is 0. The second-order valence-corrected chi connectivity index (χ2v) is 8.99. The van der Waals surface area contributed by atoms with Crippen LogP contribution in [0.15, 0.2) is 27.8 Å². The van der Waals surface area contributed by atoms with Crippen LogP contribution in [-0.2, 0) is 15.5 Å². The van der Waals surface area contributed by atoms with Crippen LogP contribution in [0.5, 0.6) is 0 Å². The molecule has 0 spiro atoms. The number of likely N-dealkylation sites (tertiary alicyclic amines) is 1. The van der Waals surface area contributed by atoms with E-state index in [0.29, 0.717) is 25.0 Å². The van der Waals surface area contributed by atoms with Gasteiger partial charge in [0.05, 0.1) is 10.2 Å². The molecule has 2 atom stereocenters. The first-order valence-electron chi connectivity index (χ1n) is 8.57. The Labute approximate surface area is 158 Å². The number of aromatic nitrogens is 1. The molecule has 2 aromatic rings. The number of benzene rings is 1. The lowest BCUT2D eigenvalue weighted by Crippen LogP contribution is -2.45. The highest BCUT2D eigenvalue weighted by molar-refractivity contribution is 7.85. The minimum Gasteiger partial charge on any atom is -0.444 e. The summed E-state index contributed by atoms with van der Waals surface area (Å²) in [7, 11) is -1.58. The van der Waals surface area contributed by atoms with Crippen molar-refractivity contribution < 1.29 is 23.1 Å². The van der Waals surface area contributed by atoms with E-state index in [9.17, 15) is 19.1 Å². The van der Waals surface area contributed by atoms with E-state index in [0.717, 1.165) is 0 Å². The molecule has 0 radical (unpaired) electrons. The molecule has 27 heavy (non-hydrogen) atoms. The fourth-order valence-electron chi connectivity index (χ4n) is 2.84. The van der Waals surface area contributed by atoms with Crippen LogP contribution in [0.3, 0.4) is 0 Å². The van der Waals surface area contributed by atoms with Crippen molar-refractivity contribution in [3.8, 4) is 0 Å². The summed E-state index contributed by atoms with van der Waals surface area (Å²) in [5, 5.41) is 10.5. The number of amides is 1. The zero-order valence-electron chi connectivity index (χ0n) is 15.3. The Balaban J connectivity index is 1.76. The Kier molecular flexibility index (Phi) is 5.18. The van der Waals surface area contributed by atoms with Crippen LogP contribution in [0.25, 0.3) is 11.1 Å². The first-order chi connectivity index (χ1) is 12.6. The van der Waals surface area contributed by atoms with Crippen molar-refractivity contribution in [2.75, 3.05) is 13.1 Å². The molecule has 0 saturated carbocycles. The highest BCUT2D eigenvalue weighted by Gasteiger charge is 2.32. The molecule has 3 rings (SSSR count). The quantitative estimate of drug-likeness (QED) is 0.578. The molecule has 1 aliphatic heterocycles. The summed E-state index contributed by atoms with van der Waals surface area (Å²) in [4.78, 5) is 28.3. The summed E-state index contributed by atoms with van der Waals surface area (Å²) >= 11 is 0. The van der Waals surface area contributed by atoms with Gasteiger partial charge in [0.2, 0.25) is 0 Å². The highest BCUT2D eigenvalue weighted by atomic mass is 32.2. The molecule has 0 N–H and O–H groups in total. The largest absolute Gasteiger partial charge is 0.444 e. The third kappa shape index (κ3) is 4.44. The Bertz CT molecular complexity index is 904. The highest BCUT2D eigenvalue weighted by Crippen LogP contribution is 2.26. The van der Waals surface area contributed by atoms with Crippen LogP contribution in [0.4, 0.5) is 10.5 Å². The lowest BCUT2D eigenvalue weighted by atomic mass is 10.1. The number of hydrogen-bond donors (Lipinski definition) is 0. The Morgan fingerprint density at radius 3 is 2.85 bits per heavy atom. The number of non-ortho nitro benzene ring substituents is 1. The summed E-state index contributed by atoms with van der Waals surface area (Å²) in [6, 6.07) is 4.04. The number of carbonyl (C=O) groups is 1. The molecule has 1 fully saturated rings. The van der Waals surface area contributed by atoms with E-state index < -0.39 is 27.4 Å². The van der Waals surface area contributed by atoms with Gasteiger partial charge in [-0.2, -0.15) is 0 Å². The smallest absolute Gasteiger partial charge is 0.410 e. The van der Waals surface area contributed by atoms with Crippen LogP contribution in [-0.4, -0.2) is 49.0 Å². The van der Waals surface area contributed by atoms with Gasteiger partial charge in [0.15, 0.2) is 5.58 Å². The molecule has 1 aromatic carbocycles. The second-order valence-electron chi connectivity index (χ2n) is 7.38. The monoisotopic (exact) mass is 395 g/mol. The van der Waals surface area contributed by atoms with Gasteiger partial charge in [-0.25, -0.2) is 14.0 Å². The first kappa shape index (κ1) is 19.3. The molecule has 1 aliphatic rings. The number of carbonyl (C=O) groups excluding carboxylic acids is 1. The lowest BCUT2D eigenvalue weighted by molar-refractivity contribution is -0.384. The topological polar surface area (TPSA) is 116 Å². The van der Waals surface area contributed by atoms with E-state index >= 15 is 0 Å². The van der Waals surface area contributed by atoms with Gasteiger partial charge in [0.1, 0.15) is 21.9 Å². The van der Waals surface area contributed by atoms with Gasteiger partial charge in [-0.3, -0.25) is 10.1 Å². The standard InChI is InChI=1S/C17H21N3O6S/c1-17(2,3)26-16(21)19-8-4-5-12(10-19)27(24)15-18-13-9-11(20(22)23)6-7-14(13)25-15/h6-7,9,12H,4-5,8,10H2,1-3H3. The average molecular weight is 395 g/mol. The maximum atomic E-state index is 12.9. The zero-order chi connectivity index (χ0) is 19.8. The van der Waals surface area contributed by atoms with Crippen LogP contribution >= 0.6 is 0 Å². The Hall–Kier alpha value is -2.49. The zero-order valence-corrected chi connectivity index (χ0v) is 16.2. The van der Waals surface area contributed by atoms with Gasteiger partial charge < -0.3 is 14.1 Å². The molecule has 0 bridgehead atoms. The first-order valence-corrected chi connectivity index (χ1v) is 9.79. The average Bonchev–Trinajstić information content (AvgIpc) is 3.02. The van der Waals surface area contributed by atoms with E-state index in [1.165, 1.54) is 18.2 Å². The van der Waals surface area contributed by atoms with Crippen molar-refractivity contribution in [3.63, 3.8) is 0 Å². The van der Waals surface area contributed by atoms with E-state index in [1.54, 1.807) is 25.7 Å². The third-order valence-electron chi connectivity index (χ3n) is 4.07. The fraction of sp³-hybridized carbons (Fsp3) is 0.529. The molecular weight excluding hydrogens is 374 g/mol. The summed E-state index contributed by atoms with van der Waals surface area (Å²) in [6.07, 6.45) is 0.920. The fourth-order valence-corrected chi connectivity index (χ4v) is 4.18. The molecule has 1 amide bonds. The predicted octanol–water partition coefficient (Wildman–Crippen LogP) is 3.24. The molecule has 146 valence electrons. The number of nitrogens with zero attached hydrogens (tertiary/aromatic N) is 3. The van der Waals surface area contributed by atoms with Gasteiger partial charge in [0.25, 0.3) is 10.9 Å². The molecular formula is C17H21N3O6S. The van der Waals surface area contributed by atoms with Gasteiger partial charge >= 0.3 is 6.09 Å². The minimum absolute atomic E-state index is 0.0153. The molecule has 9 nitrogen and oxygen atoms in total. The van der Waals surface area contributed by atoms with Crippen LogP contribution in [0, 0.1) is 10.1 Å². The van der Waals surface area contributed by atoms with Gasteiger partial charge in [-0.1, -0.05) is 0 Å². The minimum atomic E-state index is -1.58. The molecule has 10 heteroatoms. The molecule has 0 aliphatic carbocycles. The van der Waals surface area contributed by atoms with Crippen molar-refractivity contribution in [2.45, 2.75) is 49.7 Å². The maximum absolute atomic E-state index is 12.9. The summed E-state index contributed by atoms with van der Waals surface area (Å²) < 4.78 is 23.8. The van der Waals surface area contributed by atoms with Crippen molar-refractivity contribution >= 4 is 33.7 Å². The normalized spacial score (nSPS) is 19.1. The number of fused-ring (bicyclic) bond motifs is 1. The van der Waals surface area contributed by atoms with Crippen molar-refractivity contribution in [1.82, 2.24) is 9.88 Å². The number of rotatable bonds is 3. The lowest BCUT2D eigenvalue weighted by Gasteiger charge is -2.33. The molecule has 1 saturated heterocycles. The number of hydrogen-bond acceptors (Lipinski definition) is 7. The number of nitro benzene ring substituents is 1. The summed E-state index contributed by atoms with van der Waals surface area (Å²) in [5.41, 5.74) is -0.0870. The third-order valence-corrected chi connectivity index (χ3v) is 5.58. The molecule has 1 aromatic heterocycles. The van der Waals surface area contributed by atoms with E-state index in [1.807, 2.05) is 0 Å². The maximum Gasteiger partial charge on any atom is 0.410 e. The van der Waals surface area contributed by atoms with Crippen LogP contribution in [0.1, 0.15) is 33.6 Å². The van der Waals surface area contributed by atoms with Crippen LogP contribution in [0.2, 0.25) is 0 Å². The Morgan fingerprint density at radius 2 is 2.19 bits per heavy atom. The van der Waals surface area contributed by atoms with Gasteiger partial charge in [0, 0.05) is 25.2 Å². The number of piperidine rings is 1. The van der Waals surface area contributed by atoms with Crippen molar-refractivity contribution in [1.29, 1.82) is 0 Å². The number of oxazole rings is 1. The SMILES string of the molecule is CC(C)(C)OC(=O)N1CCCC(S(=O)c2nc3cc([N+](=O)[O-])ccc3o2)C1. The van der Waals surface area contributed by atoms with Gasteiger partial charge in [-0.15, -0.1) is 0 Å². The molecule has 2 unspecified atom stereocenters. The predicted molar refractivity (Wildman–Crippen MR) is 97.9 cm³/mol. The summed E-state index contributed by atoms with van der Waals surface area (Å²) in [6.45, 7) is 6.20. The molecule has 2 heterocycles. The second kappa shape index (κ2) is 7.26. The Morgan fingerprint density at radius 1 is 1.44 bits per heavy atom. The van der Waals surface area contributed by atoms with Crippen LogP contribution < -0.4 is 0 Å². The van der Waals surface area contributed by atoms with Gasteiger partial charge in [-0.05, 0) is 39.7 Å². The van der Waals surface area contributed by atoms with Crippen molar-refractivity contribution in [2.24, 2.45) is 0 Å². The number of ether oxygens (including phenoxy) is 1.